The molecule has 0 unspecified atom stereocenters. The van der Waals surface area contributed by atoms with Crippen molar-refractivity contribution in [2.24, 2.45) is 5.41 Å². The summed E-state index contributed by atoms with van der Waals surface area (Å²) < 4.78 is 5.12. The number of aryl methyl sites for hydroxylation is 4. The largest absolute Gasteiger partial charge is 0.481 e. The van der Waals surface area contributed by atoms with Crippen LogP contribution in [0.4, 0.5) is 0 Å². The van der Waals surface area contributed by atoms with Gasteiger partial charge in [-0.1, -0.05) is 18.6 Å². The number of hydrogen-bond donors (Lipinski definition) is 1. The number of carboxylic acid groups (broad SMARTS) is 1. The molecule has 0 aromatic heterocycles. The third-order valence-electron chi connectivity index (χ3n) is 5.71. The molecular formula is C24H38O4. The lowest BCUT2D eigenvalue weighted by Gasteiger charge is -2.22. The fourth-order valence-corrected chi connectivity index (χ4v) is 3.53. The molecule has 0 radical (unpaired) electrons. The van der Waals surface area contributed by atoms with Crippen molar-refractivity contribution in [3.63, 3.8) is 0 Å². The molecule has 0 amide bonds. The minimum absolute atomic E-state index is 0.390. The van der Waals surface area contributed by atoms with Crippen LogP contribution in [0.5, 0.6) is 0 Å². The van der Waals surface area contributed by atoms with E-state index in [4.69, 9.17) is 4.74 Å². The third kappa shape index (κ3) is 8.04. The summed E-state index contributed by atoms with van der Waals surface area (Å²) in [7, 11) is 0. The first-order valence-electron chi connectivity index (χ1n) is 10.4. The number of ether oxygens (including phenoxy) is 1. The predicted molar refractivity (Wildman–Crippen MR) is 114 cm³/mol. The van der Waals surface area contributed by atoms with E-state index in [1.54, 1.807) is 13.8 Å². The van der Waals surface area contributed by atoms with Gasteiger partial charge in [-0.15, -0.1) is 0 Å². The molecule has 4 nitrogen and oxygen atoms in total. The van der Waals surface area contributed by atoms with Gasteiger partial charge >= 0.3 is 5.97 Å². The molecule has 0 fully saturated rings. The monoisotopic (exact) mass is 390 g/mol. The van der Waals surface area contributed by atoms with Crippen LogP contribution in [0.1, 0.15) is 88.5 Å². The van der Waals surface area contributed by atoms with E-state index in [1.807, 2.05) is 13.8 Å². The average molecular weight is 391 g/mol. The van der Waals surface area contributed by atoms with Gasteiger partial charge in [-0.25, -0.2) is 0 Å². The van der Waals surface area contributed by atoms with Crippen LogP contribution in [0.25, 0.3) is 0 Å². The van der Waals surface area contributed by atoms with Gasteiger partial charge in [0.2, 0.25) is 0 Å². The summed E-state index contributed by atoms with van der Waals surface area (Å²) in [5.41, 5.74) is 4.38. The van der Waals surface area contributed by atoms with Gasteiger partial charge in [0.1, 0.15) is 5.60 Å². The summed E-state index contributed by atoms with van der Waals surface area (Å²) in [6, 6.07) is 4.60. The second-order valence-electron chi connectivity index (χ2n) is 9.28. The summed E-state index contributed by atoms with van der Waals surface area (Å²) in [5.74, 6) is -0.719. The quantitative estimate of drug-likeness (QED) is 0.342. The van der Waals surface area contributed by atoms with Crippen molar-refractivity contribution in [2.75, 3.05) is 0 Å². The Kier molecular flexibility index (Phi) is 9.19. The molecule has 0 bridgehead atoms. The first kappa shape index (κ1) is 24.2. The topological polar surface area (TPSA) is 63.6 Å². The summed E-state index contributed by atoms with van der Waals surface area (Å²) in [6.07, 6.45) is 7.62. The number of unbranched alkanes of at least 4 members (excludes halogenated alkanes) is 2. The van der Waals surface area contributed by atoms with Crippen molar-refractivity contribution >= 4 is 12.4 Å². The number of aliphatic carboxylic acids is 1. The van der Waals surface area contributed by atoms with Crippen molar-refractivity contribution in [3.05, 3.63) is 34.4 Å². The van der Waals surface area contributed by atoms with E-state index in [-0.39, 0.29) is 5.60 Å². The Labute approximate surface area is 170 Å². The second kappa shape index (κ2) is 10.6. The summed E-state index contributed by atoms with van der Waals surface area (Å²) >= 11 is 0. The standard InChI is InChI=1S/C24H38O4/c1-18-15-19(2)21(12-8-10-14-24(5,6)28-17-25)16-20(18)11-7-9-13-23(3,4)22(26)27/h15-17H,7-14H2,1-6H3,(H,26,27). The molecule has 0 saturated carbocycles. The normalized spacial score (nSPS) is 12.1. The Balaban J connectivity index is 2.56. The van der Waals surface area contributed by atoms with Gasteiger partial charge in [0.15, 0.2) is 0 Å². The maximum atomic E-state index is 11.2. The molecule has 0 aliphatic rings. The zero-order valence-corrected chi connectivity index (χ0v) is 18.6. The van der Waals surface area contributed by atoms with Crippen molar-refractivity contribution in [1.82, 2.24) is 0 Å². The van der Waals surface area contributed by atoms with Crippen LogP contribution < -0.4 is 0 Å². The van der Waals surface area contributed by atoms with Crippen LogP contribution in [0.15, 0.2) is 12.1 Å². The van der Waals surface area contributed by atoms with E-state index in [2.05, 4.69) is 26.0 Å². The smallest absolute Gasteiger partial charge is 0.309 e. The van der Waals surface area contributed by atoms with Gasteiger partial charge in [-0.3, -0.25) is 9.59 Å². The number of benzene rings is 1. The second-order valence-corrected chi connectivity index (χ2v) is 9.28. The lowest BCUT2D eigenvalue weighted by Crippen LogP contribution is -2.23. The molecule has 0 atom stereocenters. The number of hydrogen-bond acceptors (Lipinski definition) is 3. The minimum atomic E-state index is -0.719. The molecule has 0 saturated heterocycles. The summed E-state index contributed by atoms with van der Waals surface area (Å²) in [4.78, 5) is 21.8. The van der Waals surface area contributed by atoms with Crippen LogP contribution in [-0.4, -0.2) is 23.1 Å². The lowest BCUT2D eigenvalue weighted by atomic mass is 9.86. The Morgan fingerprint density at radius 3 is 1.89 bits per heavy atom. The zero-order valence-electron chi connectivity index (χ0n) is 18.6. The third-order valence-corrected chi connectivity index (χ3v) is 5.71. The van der Waals surface area contributed by atoms with Crippen molar-refractivity contribution in [1.29, 1.82) is 0 Å². The molecule has 4 heteroatoms. The highest BCUT2D eigenvalue weighted by Crippen LogP contribution is 2.26. The molecule has 158 valence electrons. The average Bonchev–Trinajstić information content (AvgIpc) is 2.58. The highest BCUT2D eigenvalue weighted by Gasteiger charge is 2.26. The Morgan fingerprint density at radius 1 is 0.929 bits per heavy atom. The van der Waals surface area contributed by atoms with Gasteiger partial charge in [0.25, 0.3) is 6.47 Å². The maximum absolute atomic E-state index is 11.2. The summed E-state index contributed by atoms with van der Waals surface area (Å²) in [5, 5.41) is 9.23. The van der Waals surface area contributed by atoms with Crippen molar-refractivity contribution in [3.8, 4) is 0 Å². The Morgan fingerprint density at radius 2 is 1.43 bits per heavy atom. The van der Waals surface area contributed by atoms with Crippen LogP contribution in [0, 0.1) is 19.3 Å². The molecule has 28 heavy (non-hydrogen) atoms. The van der Waals surface area contributed by atoms with Crippen LogP contribution >= 0.6 is 0 Å². The van der Waals surface area contributed by atoms with Crippen LogP contribution in [0.2, 0.25) is 0 Å². The molecule has 0 aliphatic carbocycles. The molecule has 0 heterocycles. The van der Waals surface area contributed by atoms with E-state index < -0.39 is 11.4 Å². The fraction of sp³-hybridized carbons (Fsp3) is 0.667. The molecule has 1 rings (SSSR count). The molecule has 0 spiro atoms. The number of rotatable bonds is 13. The van der Waals surface area contributed by atoms with E-state index in [0.29, 0.717) is 12.9 Å². The SMILES string of the molecule is Cc1cc(C)c(CCCCC(C)(C)C(=O)O)cc1CCCCC(C)(C)OC=O. The van der Waals surface area contributed by atoms with Gasteiger partial charge in [-0.05, 0) is 109 Å². The van der Waals surface area contributed by atoms with Gasteiger partial charge < -0.3 is 9.84 Å². The molecule has 1 aromatic carbocycles. The highest BCUT2D eigenvalue weighted by molar-refractivity contribution is 5.73. The van der Waals surface area contributed by atoms with Gasteiger partial charge in [-0.2, -0.15) is 0 Å². The number of carbonyl (C=O) groups excluding carboxylic acids is 1. The fourth-order valence-electron chi connectivity index (χ4n) is 3.53. The molecule has 0 aliphatic heterocycles. The van der Waals surface area contributed by atoms with Gasteiger partial charge in [0, 0.05) is 0 Å². The van der Waals surface area contributed by atoms with E-state index >= 15 is 0 Å². The lowest BCUT2D eigenvalue weighted by molar-refractivity contribution is -0.147. The Hall–Kier alpha value is -1.84. The minimum Gasteiger partial charge on any atom is -0.481 e. The van der Waals surface area contributed by atoms with E-state index in [0.717, 1.165) is 44.9 Å². The maximum Gasteiger partial charge on any atom is 0.309 e. The molecule has 1 N–H and O–H groups in total. The molecular weight excluding hydrogens is 352 g/mol. The first-order valence-corrected chi connectivity index (χ1v) is 10.4. The van der Waals surface area contributed by atoms with Crippen molar-refractivity contribution in [2.45, 2.75) is 98.5 Å². The molecule has 1 aromatic rings. The Bertz CT molecular complexity index is 659. The first-order chi connectivity index (χ1) is 13.0. The number of carboxylic acids is 1. The highest BCUT2D eigenvalue weighted by atomic mass is 16.5. The number of carbonyl (C=O) groups is 2. The van der Waals surface area contributed by atoms with Crippen LogP contribution in [0.3, 0.4) is 0 Å². The van der Waals surface area contributed by atoms with Gasteiger partial charge in [0.05, 0.1) is 5.41 Å². The van der Waals surface area contributed by atoms with E-state index in [9.17, 15) is 14.7 Å². The zero-order chi connectivity index (χ0) is 21.4. The van der Waals surface area contributed by atoms with E-state index in [1.165, 1.54) is 22.3 Å². The predicted octanol–water partition coefficient (Wildman–Crippen LogP) is 5.79. The van der Waals surface area contributed by atoms with Crippen LogP contribution in [-0.2, 0) is 27.2 Å². The van der Waals surface area contributed by atoms with Crippen molar-refractivity contribution < 1.29 is 19.4 Å². The summed E-state index contributed by atoms with van der Waals surface area (Å²) in [6.45, 7) is 12.4.